The number of nitro groups is 1. The van der Waals surface area contributed by atoms with Gasteiger partial charge in [0.2, 0.25) is 0 Å². The van der Waals surface area contributed by atoms with Crippen molar-refractivity contribution in [3.05, 3.63) is 94.5 Å². The lowest BCUT2D eigenvalue weighted by atomic mass is 10.1. The highest BCUT2D eigenvalue weighted by atomic mass is 16.6. The molecule has 32 heavy (non-hydrogen) atoms. The van der Waals surface area contributed by atoms with Gasteiger partial charge in [-0.3, -0.25) is 19.7 Å². The van der Waals surface area contributed by atoms with Gasteiger partial charge >= 0.3 is 5.97 Å². The lowest BCUT2D eigenvalue weighted by molar-refractivity contribution is -0.384. The van der Waals surface area contributed by atoms with Gasteiger partial charge in [-0.1, -0.05) is 36.4 Å². The van der Waals surface area contributed by atoms with Crippen LogP contribution >= 0.6 is 0 Å². The Balaban J connectivity index is 1.63. The molecule has 0 radical (unpaired) electrons. The van der Waals surface area contributed by atoms with Crippen LogP contribution < -0.4 is 10.2 Å². The fourth-order valence-corrected chi connectivity index (χ4v) is 2.90. The first-order valence-electron chi connectivity index (χ1n) is 9.49. The van der Waals surface area contributed by atoms with Gasteiger partial charge in [0.05, 0.1) is 16.2 Å². The van der Waals surface area contributed by atoms with Crippen molar-refractivity contribution < 1.29 is 19.2 Å². The molecule has 3 rings (SSSR count). The van der Waals surface area contributed by atoms with Crippen LogP contribution in [0.15, 0.2) is 78.9 Å². The highest BCUT2D eigenvalue weighted by Crippen LogP contribution is 2.24. The number of para-hydroxylation sites is 2. The second kappa shape index (κ2) is 10.4. The minimum Gasteiger partial charge on any atom is -0.454 e. The number of nitrogens with one attached hydrogen (secondary N) is 1. The molecule has 0 aliphatic rings. The number of hydrogen-bond donors (Lipinski definition) is 1. The second-order valence-corrected chi connectivity index (χ2v) is 6.56. The van der Waals surface area contributed by atoms with Crippen LogP contribution in [-0.2, 0) is 14.3 Å². The van der Waals surface area contributed by atoms with E-state index in [2.05, 4.69) is 5.32 Å². The average Bonchev–Trinajstić information content (AvgIpc) is 2.82. The van der Waals surface area contributed by atoms with E-state index in [1.54, 1.807) is 11.0 Å². The molecule has 0 spiro atoms. The summed E-state index contributed by atoms with van der Waals surface area (Å²) >= 11 is 0. The Labute approximate surface area is 183 Å². The molecule has 9 heteroatoms. The summed E-state index contributed by atoms with van der Waals surface area (Å²) in [6.45, 7) is -0.694. The number of hydrogen-bond acceptors (Lipinski definition) is 7. The summed E-state index contributed by atoms with van der Waals surface area (Å²) in [5, 5.41) is 22.4. The molecule has 0 aromatic heterocycles. The van der Waals surface area contributed by atoms with Crippen molar-refractivity contribution in [1.29, 1.82) is 5.26 Å². The Kier molecular flexibility index (Phi) is 7.12. The van der Waals surface area contributed by atoms with Crippen LogP contribution in [0.25, 0.3) is 0 Å². The second-order valence-electron chi connectivity index (χ2n) is 6.56. The predicted octanol–water partition coefficient (Wildman–Crippen LogP) is 3.79. The molecule has 0 aliphatic heterocycles. The standard InChI is InChI=1S/C23H18N4O5/c24-14-17-13-20(27(30)31)11-12-21(17)25-22(28)16-32-23(29)15-26(18-7-3-1-4-8-18)19-9-5-2-6-10-19/h1-13H,15-16H2,(H,25,28). The molecule has 1 N–H and O–H groups in total. The number of amides is 1. The van der Waals surface area contributed by atoms with Gasteiger partial charge < -0.3 is 15.0 Å². The number of anilines is 3. The van der Waals surface area contributed by atoms with E-state index >= 15 is 0 Å². The van der Waals surface area contributed by atoms with Crippen LogP contribution in [-0.4, -0.2) is 30.0 Å². The maximum Gasteiger partial charge on any atom is 0.326 e. The van der Waals surface area contributed by atoms with E-state index < -0.39 is 23.4 Å². The quantitative estimate of drug-likeness (QED) is 0.327. The number of nitrogens with zero attached hydrogens (tertiary/aromatic N) is 3. The highest BCUT2D eigenvalue weighted by molar-refractivity contribution is 5.94. The van der Waals surface area contributed by atoms with Gasteiger partial charge in [-0.2, -0.15) is 5.26 Å². The number of nitriles is 1. The van der Waals surface area contributed by atoms with E-state index in [4.69, 9.17) is 10.00 Å². The van der Waals surface area contributed by atoms with Gasteiger partial charge in [0, 0.05) is 23.5 Å². The van der Waals surface area contributed by atoms with Crippen molar-refractivity contribution in [2.24, 2.45) is 0 Å². The Hall–Kier alpha value is -4.71. The van der Waals surface area contributed by atoms with Crippen LogP contribution in [0.2, 0.25) is 0 Å². The topological polar surface area (TPSA) is 126 Å². The van der Waals surface area contributed by atoms with E-state index in [0.717, 1.165) is 17.4 Å². The molecule has 0 bridgehead atoms. The first kappa shape index (κ1) is 22.0. The van der Waals surface area contributed by atoms with E-state index in [-0.39, 0.29) is 23.5 Å². The third kappa shape index (κ3) is 5.67. The summed E-state index contributed by atoms with van der Waals surface area (Å²) in [5.41, 5.74) is 1.31. The fourth-order valence-electron chi connectivity index (χ4n) is 2.90. The van der Waals surface area contributed by atoms with Crippen molar-refractivity contribution in [3.8, 4) is 6.07 Å². The van der Waals surface area contributed by atoms with Crippen LogP contribution in [0.3, 0.4) is 0 Å². The number of nitro benzene ring substituents is 1. The number of esters is 1. The molecule has 0 saturated carbocycles. The number of non-ortho nitro benzene ring substituents is 1. The van der Waals surface area contributed by atoms with Gasteiger partial charge in [0.25, 0.3) is 11.6 Å². The SMILES string of the molecule is N#Cc1cc([N+](=O)[O-])ccc1NC(=O)COC(=O)CN(c1ccccc1)c1ccccc1. The average molecular weight is 430 g/mol. The first-order valence-corrected chi connectivity index (χ1v) is 9.49. The highest BCUT2D eigenvalue weighted by Gasteiger charge is 2.17. The predicted molar refractivity (Wildman–Crippen MR) is 117 cm³/mol. The number of ether oxygens (including phenoxy) is 1. The van der Waals surface area contributed by atoms with Gasteiger partial charge in [-0.25, -0.2) is 0 Å². The summed E-state index contributed by atoms with van der Waals surface area (Å²) in [6.07, 6.45) is 0. The number of carbonyl (C=O) groups is 2. The molecule has 9 nitrogen and oxygen atoms in total. The lowest BCUT2D eigenvalue weighted by Crippen LogP contribution is -2.29. The maximum atomic E-state index is 12.4. The molecular formula is C23H18N4O5. The monoisotopic (exact) mass is 430 g/mol. The van der Waals surface area contributed by atoms with E-state index in [0.29, 0.717) is 0 Å². The van der Waals surface area contributed by atoms with Crippen molar-refractivity contribution in [2.75, 3.05) is 23.4 Å². The summed E-state index contributed by atoms with van der Waals surface area (Å²) in [6, 6.07) is 23.8. The van der Waals surface area contributed by atoms with Crippen LogP contribution in [0.5, 0.6) is 0 Å². The fraction of sp³-hybridized carbons (Fsp3) is 0.0870. The van der Waals surface area contributed by atoms with E-state index in [1.165, 1.54) is 12.1 Å². The van der Waals surface area contributed by atoms with Crippen LogP contribution in [0.1, 0.15) is 5.56 Å². The van der Waals surface area contributed by atoms with E-state index in [1.807, 2.05) is 60.7 Å². The van der Waals surface area contributed by atoms with Gasteiger partial charge in [-0.15, -0.1) is 0 Å². The Morgan fingerprint density at radius 1 is 1.00 bits per heavy atom. The van der Waals surface area contributed by atoms with Crippen molar-refractivity contribution in [2.45, 2.75) is 0 Å². The molecule has 160 valence electrons. The molecule has 0 atom stereocenters. The Morgan fingerprint density at radius 2 is 1.59 bits per heavy atom. The van der Waals surface area contributed by atoms with Crippen LogP contribution in [0, 0.1) is 21.4 Å². The van der Waals surface area contributed by atoms with E-state index in [9.17, 15) is 19.7 Å². The first-order chi connectivity index (χ1) is 15.5. The third-order valence-corrected chi connectivity index (χ3v) is 4.40. The molecular weight excluding hydrogens is 412 g/mol. The molecule has 3 aromatic rings. The Bertz CT molecular complexity index is 1120. The maximum absolute atomic E-state index is 12.4. The summed E-state index contributed by atoms with van der Waals surface area (Å²) in [5.74, 6) is -1.30. The molecule has 1 amide bonds. The molecule has 0 unspecified atom stereocenters. The Morgan fingerprint density at radius 3 is 2.12 bits per heavy atom. The summed E-state index contributed by atoms with van der Waals surface area (Å²) < 4.78 is 5.10. The molecule has 3 aromatic carbocycles. The van der Waals surface area contributed by atoms with Gasteiger partial charge in [0.1, 0.15) is 12.6 Å². The summed E-state index contributed by atoms with van der Waals surface area (Å²) in [4.78, 5) is 36.5. The zero-order valence-corrected chi connectivity index (χ0v) is 16.8. The van der Waals surface area contributed by atoms with Gasteiger partial charge in [0.15, 0.2) is 6.61 Å². The van der Waals surface area contributed by atoms with Crippen LogP contribution in [0.4, 0.5) is 22.7 Å². The molecule has 0 aliphatic carbocycles. The van der Waals surface area contributed by atoms with Crippen molar-refractivity contribution >= 4 is 34.6 Å². The van der Waals surface area contributed by atoms with Crippen molar-refractivity contribution in [1.82, 2.24) is 0 Å². The zero-order chi connectivity index (χ0) is 22.9. The minimum atomic E-state index is -0.672. The number of benzene rings is 3. The zero-order valence-electron chi connectivity index (χ0n) is 16.8. The van der Waals surface area contributed by atoms with Crippen molar-refractivity contribution in [3.63, 3.8) is 0 Å². The summed E-state index contributed by atoms with van der Waals surface area (Å²) in [7, 11) is 0. The molecule has 0 heterocycles. The lowest BCUT2D eigenvalue weighted by Gasteiger charge is -2.24. The molecule has 0 fully saturated rings. The number of rotatable bonds is 8. The minimum absolute atomic E-state index is 0.0711. The van der Waals surface area contributed by atoms with Gasteiger partial charge in [-0.05, 0) is 30.3 Å². The molecule has 0 saturated heterocycles. The third-order valence-electron chi connectivity index (χ3n) is 4.40. The normalized spacial score (nSPS) is 9.97. The smallest absolute Gasteiger partial charge is 0.326 e. The number of carbonyl (C=O) groups excluding carboxylic acids is 2. The largest absolute Gasteiger partial charge is 0.454 e.